The summed E-state index contributed by atoms with van der Waals surface area (Å²) in [6.07, 6.45) is 3.16. The van der Waals surface area contributed by atoms with Gasteiger partial charge in [-0.3, -0.25) is 4.79 Å². The maximum absolute atomic E-state index is 11.8. The molecule has 0 aromatic heterocycles. The van der Waals surface area contributed by atoms with Crippen LogP contribution in [-0.4, -0.2) is 30.5 Å². The van der Waals surface area contributed by atoms with E-state index in [2.05, 4.69) is 23.8 Å². The van der Waals surface area contributed by atoms with Crippen LogP contribution in [0.3, 0.4) is 0 Å². The summed E-state index contributed by atoms with van der Waals surface area (Å²) >= 11 is 7.74. The summed E-state index contributed by atoms with van der Waals surface area (Å²) in [5, 5.41) is 7.25. The van der Waals surface area contributed by atoms with Crippen molar-refractivity contribution in [1.82, 2.24) is 5.32 Å². The van der Waals surface area contributed by atoms with Crippen molar-refractivity contribution in [3.63, 3.8) is 0 Å². The van der Waals surface area contributed by atoms with E-state index in [1.807, 2.05) is 30.8 Å². The van der Waals surface area contributed by atoms with Crippen LogP contribution in [-0.2, 0) is 4.79 Å². The average Bonchev–Trinajstić information content (AvgIpc) is 2.38. The number of thioether (sulfide) groups is 1. The lowest BCUT2D eigenvalue weighted by atomic mass is 10.2. The molecule has 19 heavy (non-hydrogen) atoms. The quantitative estimate of drug-likeness (QED) is 0.759. The molecule has 0 spiro atoms. The fourth-order valence-electron chi connectivity index (χ4n) is 1.55. The second-order valence-corrected chi connectivity index (χ2v) is 6.23. The number of amides is 1. The van der Waals surface area contributed by atoms with E-state index in [0.29, 0.717) is 16.8 Å². The minimum atomic E-state index is -0.0397. The van der Waals surface area contributed by atoms with Gasteiger partial charge in [0.05, 0.1) is 6.54 Å². The van der Waals surface area contributed by atoms with E-state index in [4.69, 9.17) is 11.6 Å². The number of rotatable bonds is 7. The molecule has 1 aromatic rings. The van der Waals surface area contributed by atoms with Gasteiger partial charge in [-0.05, 0) is 43.8 Å². The van der Waals surface area contributed by atoms with Gasteiger partial charge in [0.1, 0.15) is 0 Å². The molecule has 1 rings (SSSR count). The molecule has 3 nitrogen and oxygen atoms in total. The van der Waals surface area contributed by atoms with Gasteiger partial charge in [0.2, 0.25) is 5.91 Å². The normalized spacial score (nSPS) is 12.2. The molecular weight excluding hydrogens is 280 g/mol. The summed E-state index contributed by atoms with van der Waals surface area (Å²) in [5.74, 6) is -0.0397. The maximum atomic E-state index is 11.8. The van der Waals surface area contributed by atoms with Gasteiger partial charge < -0.3 is 10.6 Å². The van der Waals surface area contributed by atoms with E-state index < -0.39 is 0 Å². The zero-order valence-electron chi connectivity index (χ0n) is 11.6. The number of carbonyl (C=O) groups is 1. The third-order valence-corrected chi connectivity index (χ3v) is 4.16. The van der Waals surface area contributed by atoms with Crippen LogP contribution >= 0.6 is 23.4 Å². The zero-order chi connectivity index (χ0) is 14.3. The van der Waals surface area contributed by atoms with Crippen molar-refractivity contribution in [2.75, 3.05) is 24.7 Å². The third kappa shape index (κ3) is 6.32. The van der Waals surface area contributed by atoms with E-state index in [1.165, 1.54) is 0 Å². The standard InChI is InChI=1S/C14H21ClN2OS/c1-10-4-5-12(15)8-13(10)17-14(18)9-16-7-6-11(2)19-3/h4-5,8,11,16H,6-7,9H2,1-3H3,(H,17,18). The number of aryl methyl sites for hydroxylation is 1. The van der Waals surface area contributed by atoms with Crippen molar-refractivity contribution in [3.8, 4) is 0 Å². The Hall–Kier alpha value is -0.710. The summed E-state index contributed by atoms with van der Waals surface area (Å²) in [5.41, 5.74) is 1.78. The van der Waals surface area contributed by atoms with Crippen molar-refractivity contribution in [2.45, 2.75) is 25.5 Å². The first kappa shape index (κ1) is 16.3. The second kappa shape index (κ2) is 8.46. The van der Waals surface area contributed by atoms with Gasteiger partial charge in [0.15, 0.2) is 0 Å². The molecule has 1 unspecified atom stereocenters. The van der Waals surface area contributed by atoms with Crippen LogP contribution in [0.25, 0.3) is 0 Å². The van der Waals surface area contributed by atoms with Crippen molar-refractivity contribution >= 4 is 35.0 Å². The lowest BCUT2D eigenvalue weighted by molar-refractivity contribution is -0.115. The maximum Gasteiger partial charge on any atom is 0.238 e. The molecule has 0 radical (unpaired) electrons. The molecule has 0 fully saturated rings. The van der Waals surface area contributed by atoms with E-state index in [9.17, 15) is 4.79 Å². The Bertz CT molecular complexity index is 426. The van der Waals surface area contributed by atoms with Crippen LogP contribution in [0.15, 0.2) is 18.2 Å². The molecule has 0 bridgehead atoms. The fourth-order valence-corrected chi connectivity index (χ4v) is 2.07. The van der Waals surface area contributed by atoms with Crippen LogP contribution in [0.1, 0.15) is 18.9 Å². The number of carbonyl (C=O) groups excluding carboxylic acids is 1. The molecule has 5 heteroatoms. The predicted octanol–water partition coefficient (Wildman–Crippen LogP) is 3.32. The predicted molar refractivity (Wildman–Crippen MR) is 85.3 cm³/mol. The molecule has 1 amide bonds. The van der Waals surface area contributed by atoms with Crippen molar-refractivity contribution in [2.24, 2.45) is 0 Å². The molecule has 0 aliphatic carbocycles. The Morgan fingerprint density at radius 2 is 2.21 bits per heavy atom. The number of benzene rings is 1. The Labute approximate surface area is 124 Å². The van der Waals surface area contributed by atoms with Gasteiger partial charge in [-0.25, -0.2) is 0 Å². The molecule has 2 N–H and O–H groups in total. The minimum Gasteiger partial charge on any atom is -0.325 e. The third-order valence-electron chi connectivity index (χ3n) is 2.89. The Morgan fingerprint density at radius 1 is 1.47 bits per heavy atom. The molecule has 0 aliphatic heterocycles. The highest BCUT2D eigenvalue weighted by atomic mass is 35.5. The van der Waals surface area contributed by atoms with Crippen molar-refractivity contribution in [1.29, 1.82) is 0 Å². The molecule has 106 valence electrons. The van der Waals surface area contributed by atoms with Crippen LogP contribution < -0.4 is 10.6 Å². The number of nitrogens with one attached hydrogen (secondary N) is 2. The first-order valence-electron chi connectivity index (χ1n) is 6.32. The number of halogens is 1. The van der Waals surface area contributed by atoms with E-state index in [-0.39, 0.29) is 5.91 Å². The highest BCUT2D eigenvalue weighted by Crippen LogP contribution is 2.19. The summed E-state index contributed by atoms with van der Waals surface area (Å²) in [4.78, 5) is 11.8. The van der Waals surface area contributed by atoms with Gasteiger partial charge in [-0.15, -0.1) is 0 Å². The molecule has 0 heterocycles. The van der Waals surface area contributed by atoms with Crippen LogP contribution in [0.5, 0.6) is 0 Å². The highest BCUT2D eigenvalue weighted by Gasteiger charge is 2.05. The van der Waals surface area contributed by atoms with Gasteiger partial charge >= 0.3 is 0 Å². The van der Waals surface area contributed by atoms with E-state index in [0.717, 1.165) is 24.2 Å². The monoisotopic (exact) mass is 300 g/mol. The topological polar surface area (TPSA) is 41.1 Å². The number of anilines is 1. The highest BCUT2D eigenvalue weighted by molar-refractivity contribution is 7.99. The lowest BCUT2D eigenvalue weighted by Crippen LogP contribution is -2.29. The lowest BCUT2D eigenvalue weighted by Gasteiger charge is -2.11. The molecule has 0 saturated heterocycles. The van der Waals surface area contributed by atoms with Crippen LogP contribution in [0, 0.1) is 6.92 Å². The van der Waals surface area contributed by atoms with Gasteiger partial charge in [-0.2, -0.15) is 11.8 Å². The molecule has 1 aromatic carbocycles. The van der Waals surface area contributed by atoms with Gasteiger partial charge in [0, 0.05) is 16.0 Å². The van der Waals surface area contributed by atoms with E-state index in [1.54, 1.807) is 6.07 Å². The largest absolute Gasteiger partial charge is 0.325 e. The van der Waals surface area contributed by atoms with Crippen LogP contribution in [0.4, 0.5) is 5.69 Å². The molecule has 0 aliphatic rings. The van der Waals surface area contributed by atoms with Gasteiger partial charge in [0.25, 0.3) is 0 Å². The number of hydrogen-bond donors (Lipinski definition) is 2. The van der Waals surface area contributed by atoms with Crippen molar-refractivity contribution in [3.05, 3.63) is 28.8 Å². The number of hydrogen-bond acceptors (Lipinski definition) is 3. The Balaban J connectivity index is 2.33. The van der Waals surface area contributed by atoms with Crippen LogP contribution in [0.2, 0.25) is 5.02 Å². The molecule has 1 atom stereocenters. The summed E-state index contributed by atoms with van der Waals surface area (Å²) in [7, 11) is 0. The SMILES string of the molecule is CSC(C)CCNCC(=O)Nc1cc(Cl)ccc1C. The summed E-state index contributed by atoms with van der Waals surface area (Å²) < 4.78 is 0. The average molecular weight is 301 g/mol. The first-order chi connectivity index (χ1) is 9.02. The smallest absolute Gasteiger partial charge is 0.238 e. The van der Waals surface area contributed by atoms with E-state index >= 15 is 0 Å². The Kier molecular flexibility index (Phi) is 7.28. The first-order valence-corrected chi connectivity index (χ1v) is 7.99. The minimum absolute atomic E-state index is 0.0397. The molecular formula is C14H21ClN2OS. The van der Waals surface area contributed by atoms with Crippen molar-refractivity contribution < 1.29 is 4.79 Å². The second-order valence-electron chi connectivity index (χ2n) is 4.52. The molecule has 0 saturated carbocycles. The fraction of sp³-hybridized carbons (Fsp3) is 0.500. The Morgan fingerprint density at radius 3 is 2.89 bits per heavy atom. The summed E-state index contributed by atoms with van der Waals surface area (Å²) in [6.45, 7) is 5.30. The summed E-state index contributed by atoms with van der Waals surface area (Å²) in [6, 6.07) is 5.48. The van der Waals surface area contributed by atoms with Gasteiger partial charge in [-0.1, -0.05) is 24.6 Å². The zero-order valence-corrected chi connectivity index (χ0v) is 13.2.